The second kappa shape index (κ2) is 6.23. The molecule has 1 unspecified atom stereocenters. The van der Waals surface area contributed by atoms with Crippen LogP contribution in [-0.4, -0.2) is 6.04 Å². The molecule has 0 spiro atoms. The summed E-state index contributed by atoms with van der Waals surface area (Å²) in [6.45, 7) is 2.56. The van der Waals surface area contributed by atoms with Crippen LogP contribution < -0.4 is 10.5 Å². The van der Waals surface area contributed by atoms with Crippen molar-refractivity contribution in [3.8, 4) is 5.75 Å². The summed E-state index contributed by atoms with van der Waals surface area (Å²) in [6, 6.07) is 7.83. The fourth-order valence-corrected chi connectivity index (χ4v) is 2.58. The molecule has 1 aromatic carbocycles. The van der Waals surface area contributed by atoms with Gasteiger partial charge in [0.1, 0.15) is 12.4 Å². The molecule has 2 nitrogen and oxygen atoms in total. The summed E-state index contributed by atoms with van der Waals surface area (Å²) >= 11 is 7.68. The van der Waals surface area contributed by atoms with Gasteiger partial charge in [-0.15, -0.1) is 0 Å². The summed E-state index contributed by atoms with van der Waals surface area (Å²) in [6.07, 6.45) is 0.763. The Bertz CT molecular complexity index is 497. The highest BCUT2D eigenvalue weighted by atomic mass is 35.5. The molecule has 0 aliphatic carbocycles. The third-order valence-electron chi connectivity index (χ3n) is 2.54. The first kappa shape index (κ1) is 13.4. The van der Waals surface area contributed by atoms with E-state index in [4.69, 9.17) is 22.1 Å². The van der Waals surface area contributed by atoms with Crippen LogP contribution in [0.2, 0.25) is 5.02 Å². The molecule has 0 saturated carbocycles. The number of halogens is 1. The molecule has 96 valence electrons. The van der Waals surface area contributed by atoms with E-state index in [-0.39, 0.29) is 6.04 Å². The lowest BCUT2D eigenvalue weighted by molar-refractivity contribution is 0.303. The molecule has 1 heterocycles. The smallest absolute Gasteiger partial charge is 0.123 e. The molecule has 1 atom stereocenters. The van der Waals surface area contributed by atoms with E-state index in [1.807, 2.05) is 30.5 Å². The Labute approximate surface area is 116 Å². The molecule has 0 fully saturated rings. The Morgan fingerprint density at radius 2 is 2.22 bits per heavy atom. The number of rotatable bonds is 5. The largest absolute Gasteiger partial charge is 0.489 e. The van der Waals surface area contributed by atoms with Crippen LogP contribution in [0.25, 0.3) is 0 Å². The molecule has 1 aromatic heterocycles. The molecule has 0 saturated heterocycles. The highest BCUT2D eigenvalue weighted by molar-refractivity contribution is 7.07. The molecular weight excluding hydrogens is 266 g/mol. The number of hydrogen-bond donors (Lipinski definition) is 1. The Morgan fingerprint density at radius 1 is 1.39 bits per heavy atom. The molecule has 0 radical (unpaired) electrons. The second-order valence-electron chi connectivity index (χ2n) is 4.35. The summed E-state index contributed by atoms with van der Waals surface area (Å²) < 4.78 is 5.83. The molecular formula is C14H16ClNOS. The zero-order valence-electron chi connectivity index (χ0n) is 10.2. The summed E-state index contributed by atoms with van der Waals surface area (Å²) in [5.74, 6) is 0.864. The number of nitrogens with two attached hydrogens (primary N) is 1. The maximum atomic E-state index is 6.01. The summed E-state index contributed by atoms with van der Waals surface area (Å²) in [5, 5.41) is 4.85. The van der Waals surface area contributed by atoms with Crippen LogP contribution in [0.3, 0.4) is 0 Å². The zero-order valence-corrected chi connectivity index (χ0v) is 11.8. The van der Waals surface area contributed by atoms with Gasteiger partial charge in [-0.2, -0.15) is 11.3 Å². The van der Waals surface area contributed by atoms with Gasteiger partial charge in [0.25, 0.3) is 0 Å². The molecule has 18 heavy (non-hydrogen) atoms. The average Bonchev–Trinajstić information content (AvgIpc) is 2.80. The third-order valence-corrected chi connectivity index (χ3v) is 3.51. The highest BCUT2D eigenvalue weighted by Crippen LogP contribution is 2.25. The van der Waals surface area contributed by atoms with Crippen LogP contribution in [0.1, 0.15) is 18.1 Å². The SMILES string of the molecule is CC(N)Cc1cc(Cl)ccc1OCc1ccsc1. The first-order valence-electron chi connectivity index (χ1n) is 5.83. The topological polar surface area (TPSA) is 35.2 Å². The highest BCUT2D eigenvalue weighted by Gasteiger charge is 2.07. The summed E-state index contributed by atoms with van der Waals surface area (Å²) in [5.41, 5.74) is 8.08. The minimum atomic E-state index is 0.0898. The second-order valence-corrected chi connectivity index (χ2v) is 5.57. The molecule has 0 aliphatic rings. The lowest BCUT2D eigenvalue weighted by Gasteiger charge is -2.13. The number of benzene rings is 1. The predicted octanol–water partition coefficient (Wildman–Crippen LogP) is 3.87. The Morgan fingerprint density at radius 3 is 2.89 bits per heavy atom. The van der Waals surface area contributed by atoms with Crippen molar-refractivity contribution in [1.29, 1.82) is 0 Å². The first-order chi connectivity index (χ1) is 8.65. The number of hydrogen-bond acceptors (Lipinski definition) is 3. The van der Waals surface area contributed by atoms with E-state index in [1.165, 1.54) is 5.56 Å². The maximum absolute atomic E-state index is 6.01. The van der Waals surface area contributed by atoms with Gasteiger partial charge in [-0.3, -0.25) is 0 Å². The van der Waals surface area contributed by atoms with Gasteiger partial charge in [0.05, 0.1) is 0 Å². The van der Waals surface area contributed by atoms with Crippen LogP contribution in [0, 0.1) is 0 Å². The lowest BCUT2D eigenvalue weighted by Crippen LogP contribution is -2.18. The van der Waals surface area contributed by atoms with Gasteiger partial charge in [0.2, 0.25) is 0 Å². The minimum Gasteiger partial charge on any atom is -0.489 e. The van der Waals surface area contributed by atoms with E-state index in [2.05, 4.69) is 11.4 Å². The van der Waals surface area contributed by atoms with Crippen molar-refractivity contribution in [2.75, 3.05) is 0 Å². The monoisotopic (exact) mass is 281 g/mol. The molecule has 2 N–H and O–H groups in total. The van der Waals surface area contributed by atoms with Gasteiger partial charge in [-0.05, 0) is 59.5 Å². The molecule has 2 rings (SSSR count). The Balaban J connectivity index is 2.10. The van der Waals surface area contributed by atoms with E-state index in [0.717, 1.165) is 17.7 Å². The average molecular weight is 282 g/mol. The van der Waals surface area contributed by atoms with Crippen molar-refractivity contribution in [2.24, 2.45) is 5.73 Å². The van der Waals surface area contributed by atoms with E-state index >= 15 is 0 Å². The molecule has 0 aliphatic heterocycles. The van der Waals surface area contributed by atoms with E-state index in [1.54, 1.807) is 11.3 Å². The van der Waals surface area contributed by atoms with Crippen molar-refractivity contribution in [3.63, 3.8) is 0 Å². The van der Waals surface area contributed by atoms with Crippen LogP contribution >= 0.6 is 22.9 Å². The lowest BCUT2D eigenvalue weighted by atomic mass is 10.1. The Kier molecular flexibility index (Phi) is 4.64. The van der Waals surface area contributed by atoms with Crippen LogP contribution in [0.15, 0.2) is 35.0 Å². The van der Waals surface area contributed by atoms with Gasteiger partial charge in [0, 0.05) is 11.1 Å². The third kappa shape index (κ3) is 3.73. The Hall–Kier alpha value is -1.03. The fourth-order valence-electron chi connectivity index (χ4n) is 1.73. The van der Waals surface area contributed by atoms with Crippen LogP contribution in [-0.2, 0) is 13.0 Å². The van der Waals surface area contributed by atoms with E-state index in [9.17, 15) is 0 Å². The van der Waals surface area contributed by atoms with Gasteiger partial charge >= 0.3 is 0 Å². The first-order valence-corrected chi connectivity index (χ1v) is 7.15. The van der Waals surface area contributed by atoms with Gasteiger partial charge in [-0.1, -0.05) is 11.6 Å². The zero-order chi connectivity index (χ0) is 13.0. The molecule has 4 heteroatoms. The fraction of sp³-hybridized carbons (Fsp3) is 0.286. The number of thiophene rings is 1. The molecule has 0 amide bonds. The standard InChI is InChI=1S/C14H16ClNOS/c1-10(16)6-12-7-13(15)2-3-14(12)17-8-11-4-5-18-9-11/h2-5,7,9-10H,6,8,16H2,1H3. The van der Waals surface area contributed by atoms with Crippen molar-refractivity contribution in [1.82, 2.24) is 0 Å². The van der Waals surface area contributed by atoms with Gasteiger partial charge in [-0.25, -0.2) is 0 Å². The van der Waals surface area contributed by atoms with Gasteiger partial charge in [0.15, 0.2) is 0 Å². The molecule has 0 bridgehead atoms. The van der Waals surface area contributed by atoms with Crippen molar-refractivity contribution >= 4 is 22.9 Å². The number of ether oxygens (including phenoxy) is 1. The quantitative estimate of drug-likeness (QED) is 0.903. The van der Waals surface area contributed by atoms with Crippen molar-refractivity contribution in [2.45, 2.75) is 26.0 Å². The van der Waals surface area contributed by atoms with E-state index < -0.39 is 0 Å². The predicted molar refractivity (Wildman–Crippen MR) is 77.5 cm³/mol. The summed E-state index contributed by atoms with van der Waals surface area (Å²) in [4.78, 5) is 0. The normalized spacial score (nSPS) is 12.4. The molecule has 2 aromatic rings. The van der Waals surface area contributed by atoms with Crippen LogP contribution in [0.4, 0.5) is 0 Å². The van der Waals surface area contributed by atoms with Gasteiger partial charge < -0.3 is 10.5 Å². The van der Waals surface area contributed by atoms with Crippen LogP contribution in [0.5, 0.6) is 5.75 Å². The van der Waals surface area contributed by atoms with E-state index in [0.29, 0.717) is 11.6 Å². The summed E-state index contributed by atoms with van der Waals surface area (Å²) in [7, 11) is 0. The minimum absolute atomic E-state index is 0.0898. The van der Waals surface area contributed by atoms with Crippen molar-refractivity contribution < 1.29 is 4.74 Å². The maximum Gasteiger partial charge on any atom is 0.123 e. The van der Waals surface area contributed by atoms with Crippen molar-refractivity contribution in [3.05, 3.63) is 51.2 Å².